The predicted molar refractivity (Wildman–Crippen MR) is 59.7 cm³/mol. The fraction of sp³-hybridized carbons (Fsp3) is 0.0769. The Morgan fingerprint density at radius 2 is 2.06 bits per heavy atom. The number of ether oxygens (including phenoxy) is 1. The van der Waals surface area contributed by atoms with Crippen molar-refractivity contribution in [3.8, 4) is 0 Å². The molecule has 1 aromatic carbocycles. The summed E-state index contributed by atoms with van der Waals surface area (Å²) in [5.41, 5.74) is 0.761. The molecule has 0 bridgehead atoms. The van der Waals surface area contributed by atoms with Gasteiger partial charge in [0.1, 0.15) is 5.92 Å². The smallest absolute Gasteiger partial charge is 0.323 e. The second kappa shape index (κ2) is 3.45. The first-order valence-corrected chi connectivity index (χ1v) is 5.07. The van der Waals surface area contributed by atoms with E-state index < -0.39 is 0 Å². The molecule has 16 heavy (non-hydrogen) atoms. The van der Waals surface area contributed by atoms with Crippen LogP contribution in [0.2, 0.25) is 0 Å². The number of benzene rings is 1. The van der Waals surface area contributed by atoms with Crippen LogP contribution in [0, 0.1) is 0 Å². The molecule has 0 radical (unpaired) electrons. The van der Waals surface area contributed by atoms with Gasteiger partial charge >= 0.3 is 5.97 Å². The van der Waals surface area contributed by atoms with Crippen molar-refractivity contribution in [2.24, 2.45) is 0 Å². The first-order chi connectivity index (χ1) is 7.86. The summed E-state index contributed by atoms with van der Waals surface area (Å²) in [6.45, 7) is 0. The van der Waals surface area contributed by atoms with Gasteiger partial charge in [-0.3, -0.25) is 9.78 Å². The van der Waals surface area contributed by atoms with E-state index in [4.69, 9.17) is 4.74 Å². The third-order valence-electron chi connectivity index (χ3n) is 2.71. The monoisotopic (exact) mass is 211 g/mol. The second-order valence-electron chi connectivity index (χ2n) is 3.66. The molecule has 0 fully saturated rings. The highest BCUT2D eigenvalue weighted by Gasteiger charge is 2.26. The average molecular weight is 211 g/mol. The van der Waals surface area contributed by atoms with E-state index in [9.17, 15) is 4.79 Å². The molecule has 3 rings (SSSR count). The number of pyridine rings is 1. The van der Waals surface area contributed by atoms with E-state index in [-0.39, 0.29) is 11.9 Å². The highest BCUT2D eigenvalue weighted by atomic mass is 16.5. The van der Waals surface area contributed by atoms with Crippen LogP contribution in [-0.2, 0) is 9.53 Å². The van der Waals surface area contributed by atoms with Gasteiger partial charge in [0.2, 0.25) is 0 Å². The lowest BCUT2D eigenvalue weighted by Crippen LogP contribution is -2.08. The number of aromatic nitrogens is 1. The first-order valence-electron chi connectivity index (χ1n) is 5.07. The van der Waals surface area contributed by atoms with Gasteiger partial charge < -0.3 is 4.74 Å². The summed E-state index contributed by atoms with van der Waals surface area (Å²) in [6.07, 6.45) is 4.88. The largest absolute Gasteiger partial charge is 0.434 e. The van der Waals surface area contributed by atoms with Crippen molar-refractivity contribution < 1.29 is 9.53 Å². The molecule has 0 spiro atoms. The van der Waals surface area contributed by atoms with Gasteiger partial charge in [0.05, 0.1) is 12.0 Å². The van der Waals surface area contributed by atoms with Crippen LogP contribution in [0.3, 0.4) is 0 Å². The van der Waals surface area contributed by atoms with Crippen LogP contribution in [0.1, 0.15) is 11.6 Å². The Balaban J connectivity index is 2.23. The molecule has 1 unspecified atom stereocenters. The van der Waals surface area contributed by atoms with Crippen molar-refractivity contribution in [2.45, 2.75) is 5.92 Å². The Labute approximate surface area is 92.4 Å². The molecule has 1 aliphatic heterocycles. The van der Waals surface area contributed by atoms with Crippen molar-refractivity contribution in [1.82, 2.24) is 4.98 Å². The van der Waals surface area contributed by atoms with Crippen LogP contribution in [0.25, 0.3) is 10.8 Å². The predicted octanol–water partition coefficient (Wildman–Crippen LogP) is 2.39. The Bertz CT molecular complexity index is 584. The summed E-state index contributed by atoms with van der Waals surface area (Å²) in [5, 5.41) is 2.08. The number of carbonyl (C=O) groups excluding carboxylic acids is 1. The number of hydrogen-bond acceptors (Lipinski definition) is 3. The molecule has 3 heteroatoms. The average Bonchev–Trinajstić information content (AvgIpc) is 2.75. The molecular formula is C13H9NO2. The van der Waals surface area contributed by atoms with Crippen LogP contribution in [0.4, 0.5) is 0 Å². The fourth-order valence-electron chi connectivity index (χ4n) is 1.93. The summed E-state index contributed by atoms with van der Waals surface area (Å²) < 4.78 is 4.81. The minimum Gasteiger partial charge on any atom is -0.434 e. The Kier molecular flexibility index (Phi) is 1.96. The van der Waals surface area contributed by atoms with E-state index in [1.807, 2.05) is 30.3 Å². The van der Waals surface area contributed by atoms with Gasteiger partial charge in [-0.25, -0.2) is 0 Å². The Hall–Kier alpha value is -2.16. The van der Waals surface area contributed by atoms with Crippen molar-refractivity contribution >= 4 is 16.7 Å². The third kappa shape index (κ3) is 1.29. The van der Waals surface area contributed by atoms with Crippen LogP contribution in [-0.4, -0.2) is 11.0 Å². The van der Waals surface area contributed by atoms with Gasteiger partial charge in [0, 0.05) is 11.6 Å². The van der Waals surface area contributed by atoms with E-state index in [0.29, 0.717) is 0 Å². The molecule has 2 heterocycles. The van der Waals surface area contributed by atoms with Gasteiger partial charge in [0.15, 0.2) is 0 Å². The fourth-order valence-corrected chi connectivity index (χ4v) is 1.93. The first kappa shape index (κ1) is 9.09. The summed E-state index contributed by atoms with van der Waals surface area (Å²) in [7, 11) is 0. The minimum atomic E-state index is -0.369. The Morgan fingerprint density at radius 1 is 1.19 bits per heavy atom. The summed E-state index contributed by atoms with van der Waals surface area (Å²) in [6, 6.07) is 9.82. The third-order valence-corrected chi connectivity index (χ3v) is 2.71. The van der Waals surface area contributed by atoms with Crippen LogP contribution in [0.15, 0.2) is 48.9 Å². The maximum absolute atomic E-state index is 11.5. The van der Waals surface area contributed by atoms with Gasteiger partial charge in [-0.05, 0) is 17.5 Å². The molecule has 0 N–H and O–H groups in total. The summed E-state index contributed by atoms with van der Waals surface area (Å²) in [4.78, 5) is 15.8. The van der Waals surface area contributed by atoms with Gasteiger partial charge in [-0.15, -0.1) is 0 Å². The number of cyclic esters (lactones) is 1. The normalized spacial score (nSPS) is 19.0. The molecule has 0 amide bonds. The zero-order valence-corrected chi connectivity index (χ0v) is 8.46. The lowest BCUT2D eigenvalue weighted by molar-refractivity contribution is -0.136. The van der Waals surface area contributed by atoms with Crippen molar-refractivity contribution in [3.05, 3.63) is 54.6 Å². The van der Waals surface area contributed by atoms with Gasteiger partial charge in [0.25, 0.3) is 0 Å². The zero-order valence-electron chi connectivity index (χ0n) is 8.46. The number of hydrogen-bond donors (Lipinski definition) is 0. The highest BCUT2D eigenvalue weighted by Crippen LogP contribution is 2.28. The highest BCUT2D eigenvalue weighted by molar-refractivity contribution is 5.91. The standard InChI is InChI=1S/C13H9NO2/c15-13-11(6-8-16-13)12-10-4-2-1-3-9(10)5-7-14-12/h1-8,11H. The molecule has 1 aromatic heterocycles. The molecule has 0 aliphatic carbocycles. The quantitative estimate of drug-likeness (QED) is 0.680. The van der Waals surface area contributed by atoms with Crippen molar-refractivity contribution in [1.29, 1.82) is 0 Å². The van der Waals surface area contributed by atoms with Crippen LogP contribution < -0.4 is 0 Å². The molecule has 1 aliphatic rings. The number of nitrogens with zero attached hydrogens (tertiary/aromatic N) is 1. The van der Waals surface area contributed by atoms with E-state index in [2.05, 4.69) is 4.98 Å². The molecular weight excluding hydrogens is 202 g/mol. The van der Waals surface area contributed by atoms with E-state index in [1.165, 1.54) is 6.26 Å². The van der Waals surface area contributed by atoms with Crippen LogP contribution in [0.5, 0.6) is 0 Å². The van der Waals surface area contributed by atoms with Crippen molar-refractivity contribution in [2.75, 3.05) is 0 Å². The lowest BCUT2D eigenvalue weighted by atomic mass is 10.00. The summed E-state index contributed by atoms with van der Waals surface area (Å²) in [5.74, 6) is -0.630. The molecule has 3 nitrogen and oxygen atoms in total. The second-order valence-corrected chi connectivity index (χ2v) is 3.66. The summed E-state index contributed by atoms with van der Waals surface area (Å²) >= 11 is 0. The van der Waals surface area contributed by atoms with Gasteiger partial charge in [-0.1, -0.05) is 24.3 Å². The van der Waals surface area contributed by atoms with E-state index >= 15 is 0 Å². The SMILES string of the molecule is O=C1OC=CC1c1nccc2ccccc12. The maximum Gasteiger partial charge on any atom is 0.323 e. The van der Waals surface area contributed by atoms with E-state index in [1.54, 1.807) is 12.3 Å². The molecule has 78 valence electrons. The van der Waals surface area contributed by atoms with Crippen LogP contribution >= 0.6 is 0 Å². The molecule has 1 atom stereocenters. The minimum absolute atomic E-state index is 0.260. The number of fused-ring (bicyclic) bond motifs is 1. The maximum atomic E-state index is 11.5. The van der Waals surface area contributed by atoms with E-state index in [0.717, 1.165) is 16.5 Å². The number of esters is 1. The van der Waals surface area contributed by atoms with Gasteiger partial charge in [-0.2, -0.15) is 0 Å². The zero-order chi connectivity index (χ0) is 11.0. The Morgan fingerprint density at radius 3 is 2.88 bits per heavy atom. The molecule has 0 saturated carbocycles. The number of carbonyl (C=O) groups is 1. The number of rotatable bonds is 1. The molecule has 2 aromatic rings. The lowest BCUT2D eigenvalue weighted by Gasteiger charge is -2.07. The van der Waals surface area contributed by atoms with Crippen molar-refractivity contribution in [3.63, 3.8) is 0 Å². The molecule has 0 saturated heterocycles. The topological polar surface area (TPSA) is 39.2 Å².